The topological polar surface area (TPSA) is 214 Å². The molecule has 2 fully saturated rings. The molecule has 10 atom stereocenters. The van der Waals surface area contributed by atoms with Gasteiger partial charge in [-0.05, 0) is 26.8 Å². The van der Waals surface area contributed by atoms with E-state index < -0.39 is 107 Å². The zero-order valence-electron chi connectivity index (χ0n) is 27.3. The van der Waals surface area contributed by atoms with Crippen LogP contribution in [0.15, 0.2) is 18.2 Å². The van der Waals surface area contributed by atoms with E-state index >= 15 is 0 Å². The molecule has 2 aromatic rings. The average molecular weight is 672 g/mol. The van der Waals surface area contributed by atoms with Crippen LogP contribution in [-0.2, 0) is 34.9 Å². The number of hydrogen-bond acceptors (Lipinski definition) is 14. The number of ketones is 3. The van der Waals surface area contributed by atoms with Gasteiger partial charge in [0.05, 0.1) is 48.2 Å². The molecule has 0 saturated carbocycles. The summed E-state index contributed by atoms with van der Waals surface area (Å²) in [5.41, 5.74) is 3.41. The number of phenolic OH excluding ortho intramolecular Hbond substituents is 2. The molecule has 0 aromatic heterocycles. The van der Waals surface area contributed by atoms with Crippen LogP contribution in [0.25, 0.3) is 0 Å². The number of fused-ring (bicyclic) bond motifs is 3. The van der Waals surface area contributed by atoms with Crippen LogP contribution in [-0.4, -0.2) is 107 Å². The number of nitrogens with two attached hydrogens (primary N) is 1. The van der Waals surface area contributed by atoms with E-state index in [4.69, 9.17) is 34.2 Å². The van der Waals surface area contributed by atoms with Crippen LogP contribution in [0.1, 0.15) is 89.1 Å². The maximum Gasteiger partial charge on any atom is 0.202 e. The highest BCUT2D eigenvalue weighted by molar-refractivity contribution is 6.31. The van der Waals surface area contributed by atoms with Crippen molar-refractivity contribution in [3.63, 3.8) is 0 Å². The summed E-state index contributed by atoms with van der Waals surface area (Å²) < 4.78 is 35.2. The Labute approximate surface area is 276 Å². The molecule has 6 N–H and O–H groups in total. The summed E-state index contributed by atoms with van der Waals surface area (Å²) >= 11 is 0. The zero-order chi connectivity index (χ0) is 34.8. The highest BCUT2D eigenvalue weighted by atomic mass is 16.7. The van der Waals surface area contributed by atoms with Gasteiger partial charge < -0.3 is 54.6 Å². The molecular formula is C34H41NO13. The van der Waals surface area contributed by atoms with Gasteiger partial charge in [0.25, 0.3) is 0 Å². The van der Waals surface area contributed by atoms with Gasteiger partial charge in [-0.3, -0.25) is 14.4 Å². The molecule has 6 rings (SSSR count). The average Bonchev–Trinajstić information content (AvgIpc) is 3.04. The number of aliphatic hydroxyl groups excluding tert-OH is 1. The Morgan fingerprint density at radius 2 is 1.62 bits per heavy atom. The van der Waals surface area contributed by atoms with Crippen LogP contribution < -0.4 is 10.5 Å². The van der Waals surface area contributed by atoms with E-state index in [1.807, 2.05) is 0 Å². The minimum Gasteiger partial charge on any atom is -0.507 e. The number of ether oxygens (including phenoxy) is 6. The van der Waals surface area contributed by atoms with E-state index in [9.17, 15) is 34.8 Å². The summed E-state index contributed by atoms with van der Waals surface area (Å²) in [6.07, 6.45) is -6.61. The number of hydrogen-bond donors (Lipinski definition) is 5. The predicted molar refractivity (Wildman–Crippen MR) is 165 cm³/mol. The van der Waals surface area contributed by atoms with Crippen LogP contribution in [0.4, 0.5) is 0 Å². The van der Waals surface area contributed by atoms with Crippen molar-refractivity contribution in [1.82, 2.24) is 0 Å². The number of carbonyl (C=O) groups excluding carboxylic acids is 3. The van der Waals surface area contributed by atoms with Crippen LogP contribution in [0.5, 0.6) is 17.2 Å². The third kappa shape index (κ3) is 5.59. The second kappa shape index (κ2) is 12.8. The fourth-order valence-electron chi connectivity index (χ4n) is 7.37. The standard InChI is InChI=1S/C34H41NO13/c1-13-28(37)20(44-5)10-23(45-13)48-33-14(2)46-22(9-18(33)35)47-21-12-34(42,15(3)36)11-17-25(21)32(41)27-26(30(17)39)29(38)16-7-6-8-19(43-4)24(16)31(27)40/h6-8,13-14,18,20-23,28,33,37,39,41-42H,9-12,35H2,1-5H3/t13-,14-,18-,20-,21-,22-,23+,28-,33+,34-/m0/s1. The van der Waals surface area contributed by atoms with Gasteiger partial charge in [0.1, 0.15) is 35.1 Å². The van der Waals surface area contributed by atoms with E-state index in [0.29, 0.717) is 0 Å². The minimum atomic E-state index is -2.04. The molecular weight excluding hydrogens is 630 g/mol. The fraction of sp³-hybridized carbons (Fsp3) is 0.559. The Morgan fingerprint density at radius 1 is 0.958 bits per heavy atom. The molecule has 2 saturated heterocycles. The molecule has 4 aliphatic rings. The minimum absolute atomic E-state index is 0.0238. The van der Waals surface area contributed by atoms with Crippen molar-refractivity contribution in [2.75, 3.05) is 14.2 Å². The molecule has 0 amide bonds. The molecule has 14 heteroatoms. The lowest BCUT2D eigenvalue weighted by molar-refractivity contribution is -0.304. The number of phenols is 2. The van der Waals surface area contributed by atoms with Crippen molar-refractivity contribution >= 4 is 17.3 Å². The number of aliphatic hydroxyl groups is 2. The maximum atomic E-state index is 13.9. The van der Waals surface area contributed by atoms with Crippen LogP contribution in [0, 0.1) is 0 Å². The lowest BCUT2D eigenvalue weighted by Gasteiger charge is -2.44. The molecule has 2 aliphatic heterocycles. The smallest absolute Gasteiger partial charge is 0.202 e. The van der Waals surface area contributed by atoms with Crippen molar-refractivity contribution in [3.8, 4) is 17.2 Å². The summed E-state index contributed by atoms with van der Waals surface area (Å²) in [5.74, 6) is -3.24. The third-order valence-electron chi connectivity index (χ3n) is 10.0. The number of carbonyl (C=O) groups is 3. The van der Waals surface area contributed by atoms with Gasteiger partial charge in [-0.1, -0.05) is 12.1 Å². The number of methoxy groups -OCH3 is 2. The molecule has 2 aromatic carbocycles. The molecule has 14 nitrogen and oxygen atoms in total. The number of rotatable bonds is 7. The van der Waals surface area contributed by atoms with Crippen molar-refractivity contribution in [2.24, 2.45) is 5.73 Å². The lowest BCUT2D eigenvalue weighted by Crippen LogP contribution is -2.57. The molecule has 2 heterocycles. The largest absolute Gasteiger partial charge is 0.507 e. The Morgan fingerprint density at radius 3 is 2.27 bits per heavy atom. The summed E-state index contributed by atoms with van der Waals surface area (Å²) in [4.78, 5) is 40.3. The SMILES string of the molecule is COc1cccc2c1C(=O)c1c(O)c3c(c(O)c1C2=O)C[C@@](O)(C(C)=O)C[C@@H]3O[C@H]1C[C@H](N)[C@H](O[C@@H]2C[C@H](OC)[C@@H](O)[C@H](C)O2)[C@H](C)O1. The fourth-order valence-corrected chi connectivity index (χ4v) is 7.37. The van der Waals surface area contributed by atoms with Crippen LogP contribution in [0.2, 0.25) is 0 Å². The van der Waals surface area contributed by atoms with E-state index in [1.54, 1.807) is 13.8 Å². The van der Waals surface area contributed by atoms with Crippen molar-refractivity contribution in [3.05, 3.63) is 51.6 Å². The maximum absolute atomic E-state index is 13.9. The normalized spacial score (nSPS) is 34.6. The van der Waals surface area contributed by atoms with Gasteiger partial charge in [-0.15, -0.1) is 0 Å². The summed E-state index contributed by atoms with van der Waals surface area (Å²) in [6, 6.07) is 3.80. The number of Topliss-reactive ketones (excluding diaryl/α,β-unsaturated/α-hetero) is 1. The Kier molecular flexibility index (Phi) is 9.15. The van der Waals surface area contributed by atoms with Gasteiger partial charge in [0, 0.05) is 55.5 Å². The van der Waals surface area contributed by atoms with Crippen molar-refractivity contribution in [1.29, 1.82) is 0 Å². The zero-order valence-corrected chi connectivity index (χ0v) is 27.3. The molecule has 0 radical (unpaired) electrons. The third-order valence-corrected chi connectivity index (χ3v) is 10.0. The monoisotopic (exact) mass is 671 g/mol. The van der Waals surface area contributed by atoms with Crippen LogP contribution in [0.3, 0.4) is 0 Å². The second-order valence-electron chi connectivity index (χ2n) is 13.0. The van der Waals surface area contributed by atoms with Gasteiger partial charge >= 0.3 is 0 Å². The lowest BCUT2D eigenvalue weighted by atomic mass is 9.72. The number of benzene rings is 2. The Hall–Kier alpha value is -3.47. The van der Waals surface area contributed by atoms with E-state index in [1.165, 1.54) is 39.3 Å². The van der Waals surface area contributed by atoms with Gasteiger partial charge in [-0.2, -0.15) is 0 Å². The molecule has 0 bridgehead atoms. The Balaban J connectivity index is 1.31. The van der Waals surface area contributed by atoms with E-state index in [-0.39, 0.29) is 47.3 Å². The molecule has 48 heavy (non-hydrogen) atoms. The van der Waals surface area contributed by atoms with Gasteiger partial charge in [-0.25, -0.2) is 0 Å². The highest BCUT2D eigenvalue weighted by Gasteiger charge is 2.50. The second-order valence-corrected chi connectivity index (χ2v) is 13.0. The van der Waals surface area contributed by atoms with E-state index in [2.05, 4.69) is 0 Å². The first kappa shape index (κ1) is 34.4. The summed E-state index contributed by atoms with van der Waals surface area (Å²) in [5, 5.41) is 45.0. The molecule has 260 valence electrons. The van der Waals surface area contributed by atoms with Gasteiger partial charge in [0.15, 0.2) is 24.1 Å². The summed E-state index contributed by atoms with van der Waals surface area (Å²) in [7, 11) is 2.84. The molecule has 0 spiro atoms. The number of aromatic hydroxyl groups is 2. The highest BCUT2D eigenvalue weighted by Crippen LogP contribution is 2.52. The first-order valence-electron chi connectivity index (χ1n) is 15.9. The predicted octanol–water partition coefficient (Wildman–Crippen LogP) is 1.56. The van der Waals surface area contributed by atoms with Crippen molar-refractivity contribution in [2.45, 2.75) is 107 Å². The molecule has 2 aliphatic carbocycles. The molecule has 0 unspecified atom stereocenters. The first-order valence-corrected chi connectivity index (χ1v) is 15.9. The first-order chi connectivity index (χ1) is 22.7. The quantitative estimate of drug-likeness (QED) is 0.226. The van der Waals surface area contributed by atoms with Gasteiger partial charge in [0.2, 0.25) is 5.78 Å². The van der Waals surface area contributed by atoms with Crippen molar-refractivity contribution < 1.29 is 63.2 Å². The van der Waals surface area contributed by atoms with Crippen LogP contribution >= 0.6 is 0 Å². The summed E-state index contributed by atoms with van der Waals surface area (Å²) in [6.45, 7) is 4.63. The Bertz CT molecular complexity index is 1630. The van der Waals surface area contributed by atoms with E-state index in [0.717, 1.165) is 0 Å².